The van der Waals surface area contributed by atoms with Crippen LogP contribution in [0.1, 0.15) is 12.8 Å². The molecule has 168 valence electrons. The van der Waals surface area contributed by atoms with Gasteiger partial charge in [-0.25, -0.2) is 8.42 Å². The molecule has 3 heterocycles. The van der Waals surface area contributed by atoms with Gasteiger partial charge in [0.05, 0.1) is 5.92 Å². The third kappa shape index (κ3) is 5.46. The zero-order valence-corrected chi connectivity index (χ0v) is 19.2. The number of carbonyl (C=O) groups excluding carboxylic acids is 1. The van der Waals surface area contributed by atoms with Gasteiger partial charge in [0.1, 0.15) is 16.6 Å². The lowest BCUT2D eigenvalue weighted by molar-refractivity contribution is -0.138. The van der Waals surface area contributed by atoms with Crippen molar-refractivity contribution in [3.8, 4) is 5.75 Å². The minimum Gasteiger partial charge on any atom is -0.492 e. The van der Waals surface area contributed by atoms with E-state index in [4.69, 9.17) is 4.74 Å². The average Bonchev–Trinajstić information content (AvgIpc) is 3.36. The summed E-state index contributed by atoms with van der Waals surface area (Å²) < 4.78 is 33.3. The molecule has 0 spiro atoms. The number of ether oxygens (including phenoxy) is 1. The molecule has 0 radical (unpaired) electrons. The van der Waals surface area contributed by atoms with Crippen LogP contribution in [0.5, 0.6) is 5.75 Å². The minimum absolute atomic E-state index is 0.0891. The smallest absolute Gasteiger partial charge is 0.252 e. The molecular formula is C22H29N3O4S2. The standard InChI is InChI=1S/C22H29N3O4S2/c26-22(19-6-4-10-25(18-19)31(27,28)21-9-5-17-30-21)24-13-11-23(12-14-24)15-16-29-20-7-2-1-3-8-20/h1-3,5,7-9,17,19H,4,6,10-16,18H2. The third-order valence-corrected chi connectivity index (χ3v) is 9.16. The highest BCUT2D eigenvalue weighted by atomic mass is 32.2. The van der Waals surface area contributed by atoms with Crippen LogP contribution in [-0.4, -0.2) is 80.9 Å². The lowest BCUT2D eigenvalue weighted by Gasteiger charge is -2.38. The quantitative estimate of drug-likeness (QED) is 0.631. The average molecular weight is 464 g/mol. The number of piperidine rings is 1. The summed E-state index contributed by atoms with van der Waals surface area (Å²) in [5.41, 5.74) is 0. The number of piperazine rings is 1. The molecule has 7 nitrogen and oxygen atoms in total. The van der Waals surface area contributed by atoms with E-state index in [1.54, 1.807) is 17.5 Å². The molecular weight excluding hydrogens is 434 g/mol. The Kier molecular flexibility index (Phi) is 7.27. The molecule has 2 fully saturated rings. The van der Waals surface area contributed by atoms with Crippen molar-refractivity contribution in [2.75, 3.05) is 52.4 Å². The lowest BCUT2D eigenvalue weighted by atomic mass is 9.98. The summed E-state index contributed by atoms with van der Waals surface area (Å²) in [6.45, 7) is 5.20. The topological polar surface area (TPSA) is 70.2 Å². The molecule has 0 aliphatic carbocycles. The first-order valence-electron chi connectivity index (χ1n) is 10.8. The van der Waals surface area contributed by atoms with Crippen molar-refractivity contribution in [2.24, 2.45) is 5.92 Å². The molecule has 0 N–H and O–H groups in total. The summed E-state index contributed by atoms with van der Waals surface area (Å²) in [7, 11) is -3.50. The maximum Gasteiger partial charge on any atom is 0.252 e. The van der Waals surface area contributed by atoms with Crippen molar-refractivity contribution in [3.63, 3.8) is 0 Å². The maximum absolute atomic E-state index is 13.1. The first-order valence-corrected chi connectivity index (χ1v) is 13.1. The number of hydrogen-bond donors (Lipinski definition) is 0. The molecule has 9 heteroatoms. The van der Waals surface area contributed by atoms with Crippen LogP contribution >= 0.6 is 11.3 Å². The summed E-state index contributed by atoms with van der Waals surface area (Å²) >= 11 is 1.23. The summed E-state index contributed by atoms with van der Waals surface area (Å²) in [5, 5.41) is 1.77. The van der Waals surface area contributed by atoms with E-state index in [1.807, 2.05) is 35.2 Å². The Morgan fingerprint density at radius 3 is 2.52 bits per heavy atom. The third-order valence-electron chi connectivity index (χ3n) is 5.93. The summed E-state index contributed by atoms with van der Waals surface area (Å²) in [6.07, 6.45) is 1.47. The minimum atomic E-state index is -3.50. The van der Waals surface area contributed by atoms with Gasteiger partial charge >= 0.3 is 0 Å². The van der Waals surface area contributed by atoms with Crippen LogP contribution in [0, 0.1) is 5.92 Å². The van der Waals surface area contributed by atoms with Crippen LogP contribution in [0.15, 0.2) is 52.1 Å². The molecule has 0 bridgehead atoms. The molecule has 1 aromatic carbocycles. The van der Waals surface area contributed by atoms with Crippen LogP contribution in [0.3, 0.4) is 0 Å². The highest BCUT2D eigenvalue weighted by Crippen LogP contribution is 2.27. The molecule has 2 aromatic rings. The maximum atomic E-state index is 13.1. The van der Waals surface area contributed by atoms with Gasteiger partial charge in [0.25, 0.3) is 10.0 Å². The Labute approximate surface area is 188 Å². The number of para-hydroxylation sites is 1. The van der Waals surface area contributed by atoms with E-state index >= 15 is 0 Å². The zero-order valence-electron chi connectivity index (χ0n) is 17.6. The van der Waals surface area contributed by atoms with E-state index in [2.05, 4.69) is 4.90 Å². The fourth-order valence-electron chi connectivity index (χ4n) is 4.16. The van der Waals surface area contributed by atoms with Crippen molar-refractivity contribution in [1.29, 1.82) is 0 Å². The summed E-state index contributed by atoms with van der Waals surface area (Å²) in [6, 6.07) is 13.1. The second-order valence-electron chi connectivity index (χ2n) is 7.96. The predicted octanol–water partition coefficient (Wildman–Crippen LogP) is 2.37. The number of carbonyl (C=O) groups is 1. The summed E-state index contributed by atoms with van der Waals surface area (Å²) in [5.74, 6) is 0.707. The van der Waals surface area contributed by atoms with Crippen molar-refractivity contribution in [2.45, 2.75) is 17.1 Å². The van der Waals surface area contributed by atoms with Crippen LogP contribution < -0.4 is 4.74 Å². The van der Waals surface area contributed by atoms with E-state index in [0.29, 0.717) is 30.5 Å². The van der Waals surface area contributed by atoms with E-state index in [0.717, 1.165) is 38.2 Å². The SMILES string of the molecule is O=C(C1CCCN(S(=O)(=O)c2cccs2)C1)N1CCN(CCOc2ccccc2)CC1. The molecule has 2 aliphatic heterocycles. The van der Waals surface area contributed by atoms with E-state index in [-0.39, 0.29) is 18.4 Å². The van der Waals surface area contributed by atoms with Crippen molar-refractivity contribution in [1.82, 2.24) is 14.1 Å². The molecule has 0 saturated carbocycles. The molecule has 1 aromatic heterocycles. The fraction of sp³-hybridized carbons (Fsp3) is 0.500. The predicted molar refractivity (Wildman–Crippen MR) is 121 cm³/mol. The lowest BCUT2D eigenvalue weighted by Crippen LogP contribution is -2.53. The Morgan fingerprint density at radius 1 is 1.03 bits per heavy atom. The van der Waals surface area contributed by atoms with Gasteiger partial charge in [0.2, 0.25) is 5.91 Å². The highest BCUT2D eigenvalue weighted by Gasteiger charge is 2.36. The summed E-state index contributed by atoms with van der Waals surface area (Å²) in [4.78, 5) is 17.3. The largest absolute Gasteiger partial charge is 0.492 e. The Balaban J connectivity index is 1.24. The number of sulfonamides is 1. The number of nitrogens with zero attached hydrogens (tertiary/aromatic N) is 3. The molecule has 31 heavy (non-hydrogen) atoms. The number of rotatable bonds is 7. The van der Waals surface area contributed by atoms with Gasteiger partial charge in [-0.2, -0.15) is 4.31 Å². The van der Waals surface area contributed by atoms with Crippen molar-refractivity contribution < 1.29 is 17.9 Å². The van der Waals surface area contributed by atoms with Crippen LogP contribution in [0.2, 0.25) is 0 Å². The number of benzene rings is 1. The second kappa shape index (κ2) is 10.1. The highest BCUT2D eigenvalue weighted by molar-refractivity contribution is 7.91. The first-order chi connectivity index (χ1) is 15.0. The van der Waals surface area contributed by atoms with E-state index < -0.39 is 10.0 Å². The van der Waals surface area contributed by atoms with E-state index in [9.17, 15) is 13.2 Å². The van der Waals surface area contributed by atoms with Gasteiger partial charge in [-0.3, -0.25) is 9.69 Å². The van der Waals surface area contributed by atoms with Crippen LogP contribution in [0.4, 0.5) is 0 Å². The van der Waals surface area contributed by atoms with Gasteiger partial charge in [-0.1, -0.05) is 24.3 Å². The van der Waals surface area contributed by atoms with Crippen LogP contribution in [0.25, 0.3) is 0 Å². The first kappa shape index (κ1) is 22.3. The number of thiophene rings is 1. The molecule has 1 unspecified atom stereocenters. The van der Waals surface area contributed by atoms with Gasteiger partial charge < -0.3 is 9.64 Å². The van der Waals surface area contributed by atoms with Crippen LogP contribution in [-0.2, 0) is 14.8 Å². The molecule has 1 amide bonds. The molecule has 2 saturated heterocycles. The normalized spacial score (nSPS) is 21.2. The molecule has 2 aliphatic rings. The van der Waals surface area contributed by atoms with Gasteiger partial charge in [-0.05, 0) is 36.4 Å². The molecule has 4 rings (SSSR count). The zero-order chi connectivity index (χ0) is 21.7. The Hall–Kier alpha value is -1.94. The monoisotopic (exact) mass is 463 g/mol. The van der Waals surface area contributed by atoms with Gasteiger partial charge in [-0.15, -0.1) is 11.3 Å². The Bertz CT molecular complexity index is 942. The van der Waals surface area contributed by atoms with Crippen molar-refractivity contribution >= 4 is 27.3 Å². The van der Waals surface area contributed by atoms with Gasteiger partial charge in [0, 0.05) is 45.8 Å². The Morgan fingerprint density at radius 2 is 1.81 bits per heavy atom. The van der Waals surface area contributed by atoms with E-state index in [1.165, 1.54) is 15.6 Å². The van der Waals surface area contributed by atoms with Crippen molar-refractivity contribution in [3.05, 3.63) is 47.8 Å². The number of hydrogen-bond acceptors (Lipinski definition) is 6. The fourth-order valence-corrected chi connectivity index (χ4v) is 6.83. The number of amides is 1. The molecule has 1 atom stereocenters. The second-order valence-corrected chi connectivity index (χ2v) is 11.1. The van der Waals surface area contributed by atoms with Gasteiger partial charge in [0.15, 0.2) is 0 Å².